The number of hydrogen-bond acceptors (Lipinski definition) is 3. The number of nitrogens with one attached hydrogen (secondary N) is 1. The van der Waals surface area contributed by atoms with E-state index < -0.39 is 0 Å². The highest BCUT2D eigenvalue weighted by molar-refractivity contribution is 5.45. The van der Waals surface area contributed by atoms with Crippen LogP contribution >= 0.6 is 0 Å². The van der Waals surface area contributed by atoms with Gasteiger partial charge < -0.3 is 15.0 Å². The van der Waals surface area contributed by atoms with Crippen molar-refractivity contribution in [1.82, 2.24) is 4.90 Å². The number of benzene rings is 1. The summed E-state index contributed by atoms with van der Waals surface area (Å²) >= 11 is 0. The maximum atomic E-state index is 5.84. The average Bonchev–Trinajstić information content (AvgIpc) is 2.40. The molecule has 0 radical (unpaired) electrons. The predicted molar refractivity (Wildman–Crippen MR) is 71.4 cm³/mol. The Bertz CT molecular complexity index is 353. The van der Waals surface area contributed by atoms with Crippen molar-refractivity contribution < 1.29 is 4.74 Å². The highest BCUT2D eigenvalue weighted by Crippen LogP contribution is 2.36. The number of likely N-dealkylation sites (tertiary alicyclic amines) is 1. The zero-order chi connectivity index (χ0) is 12.3. The lowest BCUT2D eigenvalue weighted by Gasteiger charge is -2.40. The van der Waals surface area contributed by atoms with Crippen molar-refractivity contribution in [2.24, 2.45) is 0 Å². The molecule has 0 spiro atoms. The van der Waals surface area contributed by atoms with Gasteiger partial charge in [-0.25, -0.2) is 0 Å². The van der Waals surface area contributed by atoms with Crippen molar-refractivity contribution in [3.63, 3.8) is 0 Å². The predicted octanol–water partition coefficient (Wildman–Crippen LogP) is 2.30. The minimum atomic E-state index is -0.0845. The van der Waals surface area contributed by atoms with E-state index in [4.69, 9.17) is 4.74 Å². The molecule has 1 aromatic carbocycles. The molecule has 94 valence electrons. The van der Waals surface area contributed by atoms with E-state index in [0.717, 1.165) is 31.6 Å². The SMILES string of the molecule is CNc1ccc(C2(OC)CCN(C)CC2)cc1. The molecule has 0 atom stereocenters. The normalized spacial score (nSPS) is 20.2. The Morgan fingerprint density at radius 1 is 1.18 bits per heavy atom. The van der Waals surface area contributed by atoms with Crippen LogP contribution in [0.5, 0.6) is 0 Å². The maximum Gasteiger partial charge on any atom is 0.0951 e. The molecule has 17 heavy (non-hydrogen) atoms. The Morgan fingerprint density at radius 2 is 1.76 bits per heavy atom. The second-order valence-electron chi connectivity index (χ2n) is 4.83. The van der Waals surface area contributed by atoms with Crippen LogP contribution in [0.4, 0.5) is 5.69 Å². The summed E-state index contributed by atoms with van der Waals surface area (Å²) < 4.78 is 5.84. The summed E-state index contributed by atoms with van der Waals surface area (Å²) in [5.74, 6) is 0. The highest BCUT2D eigenvalue weighted by atomic mass is 16.5. The van der Waals surface area contributed by atoms with Crippen LogP contribution in [0, 0.1) is 0 Å². The summed E-state index contributed by atoms with van der Waals surface area (Å²) in [7, 11) is 5.94. The second kappa shape index (κ2) is 5.07. The number of methoxy groups -OCH3 is 1. The molecule has 0 unspecified atom stereocenters. The van der Waals surface area contributed by atoms with Gasteiger partial charge >= 0.3 is 0 Å². The van der Waals surface area contributed by atoms with Crippen LogP contribution < -0.4 is 5.32 Å². The van der Waals surface area contributed by atoms with Gasteiger partial charge in [0.15, 0.2) is 0 Å². The number of anilines is 1. The summed E-state index contributed by atoms with van der Waals surface area (Å²) in [6.07, 6.45) is 2.14. The first kappa shape index (κ1) is 12.4. The lowest BCUT2D eigenvalue weighted by Crippen LogP contribution is -2.42. The van der Waals surface area contributed by atoms with E-state index in [1.54, 1.807) is 0 Å². The van der Waals surface area contributed by atoms with Crippen LogP contribution in [0.1, 0.15) is 18.4 Å². The molecule has 1 saturated heterocycles. The molecule has 3 heteroatoms. The van der Waals surface area contributed by atoms with Gasteiger partial charge in [0.05, 0.1) is 5.60 Å². The van der Waals surface area contributed by atoms with Gasteiger partial charge in [-0.3, -0.25) is 0 Å². The van der Waals surface area contributed by atoms with Crippen molar-refractivity contribution >= 4 is 5.69 Å². The third-order valence-corrected chi connectivity index (χ3v) is 3.89. The molecule has 1 aliphatic heterocycles. The Hall–Kier alpha value is -1.06. The first-order chi connectivity index (χ1) is 8.20. The average molecular weight is 234 g/mol. The molecule has 1 N–H and O–H groups in total. The minimum Gasteiger partial charge on any atom is -0.388 e. The van der Waals surface area contributed by atoms with Crippen LogP contribution in [0.15, 0.2) is 24.3 Å². The molecule has 1 heterocycles. The lowest BCUT2D eigenvalue weighted by atomic mass is 9.84. The van der Waals surface area contributed by atoms with Crippen molar-refractivity contribution in [2.45, 2.75) is 18.4 Å². The van der Waals surface area contributed by atoms with Crippen molar-refractivity contribution in [2.75, 3.05) is 39.6 Å². The summed E-state index contributed by atoms with van der Waals surface area (Å²) in [6.45, 7) is 2.20. The topological polar surface area (TPSA) is 24.5 Å². The van der Waals surface area contributed by atoms with Gasteiger partial charge in [0.2, 0.25) is 0 Å². The number of rotatable bonds is 3. The molecule has 0 bridgehead atoms. The van der Waals surface area contributed by atoms with Crippen molar-refractivity contribution in [3.8, 4) is 0 Å². The van der Waals surface area contributed by atoms with Gasteiger partial charge in [-0.05, 0) is 37.6 Å². The van der Waals surface area contributed by atoms with Crippen molar-refractivity contribution in [1.29, 1.82) is 0 Å². The molecule has 0 aromatic heterocycles. The van der Waals surface area contributed by atoms with Gasteiger partial charge in [-0.2, -0.15) is 0 Å². The highest BCUT2D eigenvalue weighted by Gasteiger charge is 2.35. The lowest BCUT2D eigenvalue weighted by molar-refractivity contribution is -0.0585. The number of hydrogen-bond donors (Lipinski definition) is 1. The van der Waals surface area contributed by atoms with Crippen LogP contribution in [-0.2, 0) is 10.3 Å². The molecule has 1 aliphatic rings. The Labute approximate surface area is 104 Å². The number of piperidine rings is 1. The zero-order valence-corrected chi connectivity index (χ0v) is 11.0. The molecule has 1 fully saturated rings. The smallest absolute Gasteiger partial charge is 0.0951 e. The summed E-state index contributed by atoms with van der Waals surface area (Å²) in [5, 5.41) is 3.15. The molecule has 1 aromatic rings. The van der Waals surface area contributed by atoms with Gasteiger partial charge in [-0.1, -0.05) is 12.1 Å². The molecular weight excluding hydrogens is 212 g/mol. The summed E-state index contributed by atoms with van der Waals surface area (Å²) in [4.78, 5) is 2.36. The van der Waals surface area contributed by atoms with E-state index >= 15 is 0 Å². The fourth-order valence-corrected chi connectivity index (χ4v) is 2.53. The first-order valence-corrected chi connectivity index (χ1v) is 6.22. The molecule has 2 rings (SSSR count). The first-order valence-electron chi connectivity index (χ1n) is 6.22. The summed E-state index contributed by atoms with van der Waals surface area (Å²) in [5.41, 5.74) is 2.36. The Kier molecular flexibility index (Phi) is 3.69. The fraction of sp³-hybridized carbons (Fsp3) is 0.571. The van der Waals surface area contributed by atoms with Gasteiger partial charge in [-0.15, -0.1) is 0 Å². The summed E-state index contributed by atoms with van der Waals surface area (Å²) in [6, 6.07) is 8.60. The largest absolute Gasteiger partial charge is 0.388 e. The van der Waals surface area contributed by atoms with E-state index in [-0.39, 0.29) is 5.60 Å². The van der Waals surface area contributed by atoms with E-state index in [0.29, 0.717) is 0 Å². The Morgan fingerprint density at radius 3 is 2.24 bits per heavy atom. The third-order valence-electron chi connectivity index (χ3n) is 3.89. The van der Waals surface area contributed by atoms with Crippen molar-refractivity contribution in [3.05, 3.63) is 29.8 Å². The van der Waals surface area contributed by atoms with Gasteiger partial charge in [0, 0.05) is 32.9 Å². The maximum absolute atomic E-state index is 5.84. The van der Waals surface area contributed by atoms with Gasteiger partial charge in [0.25, 0.3) is 0 Å². The third kappa shape index (κ3) is 2.45. The number of nitrogens with zero attached hydrogens (tertiary/aromatic N) is 1. The fourth-order valence-electron chi connectivity index (χ4n) is 2.53. The standard InChI is InChI=1S/C14H22N2O/c1-15-13-6-4-12(5-7-13)14(17-3)8-10-16(2)11-9-14/h4-7,15H,8-11H2,1-3H3. The minimum absolute atomic E-state index is 0.0845. The molecule has 0 amide bonds. The van der Waals surface area contributed by atoms with E-state index in [1.807, 2.05) is 14.2 Å². The van der Waals surface area contributed by atoms with Crippen LogP contribution in [-0.4, -0.2) is 39.2 Å². The molecular formula is C14H22N2O. The van der Waals surface area contributed by atoms with Crippen LogP contribution in [0.3, 0.4) is 0 Å². The second-order valence-corrected chi connectivity index (χ2v) is 4.83. The molecule has 0 saturated carbocycles. The monoisotopic (exact) mass is 234 g/mol. The Balaban J connectivity index is 2.21. The van der Waals surface area contributed by atoms with Gasteiger partial charge in [0.1, 0.15) is 0 Å². The van der Waals surface area contributed by atoms with E-state index in [1.165, 1.54) is 5.56 Å². The van der Waals surface area contributed by atoms with E-state index in [2.05, 4.69) is 41.5 Å². The molecule has 3 nitrogen and oxygen atoms in total. The quantitative estimate of drug-likeness (QED) is 0.868. The number of ether oxygens (including phenoxy) is 1. The van der Waals surface area contributed by atoms with Crippen LogP contribution in [0.25, 0.3) is 0 Å². The van der Waals surface area contributed by atoms with E-state index in [9.17, 15) is 0 Å². The zero-order valence-electron chi connectivity index (χ0n) is 11.0. The molecule has 0 aliphatic carbocycles. The van der Waals surface area contributed by atoms with Crippen LogP contribution in [0.2, 0.25) is 0 Å².